The molecule has 0 bridgehead atoms. The van der Waals surface area contributed by atoms with Crippen molar-refractivity contribution >= 4 is 29.6 Å². The van der Waals surface area contributed by atoms with Gasteiger partial charge in [-0.1, -0.05) is 87.9 Å². The standard InChI is InChI=1S/C36H48N2O9/c1-2-3-4-7-10-15-29(39)16-11-8-5-6-9-12-17-30(36(47,35(45)46)24-32(40)41)33(42)38-31(34(43)44)23-26-18-20-27(21-19-26)28-14-13-22-37-25-28/h12-14,17-22,25,30-31,47H,2-11,15-16,23-24H2,1H3,(H,38,42)(H,40,41)(H,43,44)(H,45,46)/b17-12+. The molecule has 47 heavy (non-hydrogen) atoms. The number of allylic oxidation sites excluding steroid dienone is 1. The number of carbonyl (C=O) groups excluding carboxylic acids is 2. The van der Waals surface area contributed by atoms with Crippen LogP contribution in [0.15, 0.2) is 60.9 Å². The molecule has 0 saturated heterocycles. The highest BCUT2D eigenvalue weighted by atomic mass is 16.4. The molecule has 2 aromatic rings. The van der Waals surface area contributed by atoms with E-state index in [-0.39, 0.29) is 12.2 Å². The molecule has 0 aliphatic rings. The molecular formula is C36H48N2O9. The van der Waals surface area contributed by atoms with Crippen molar-refractivity contribution in [3.05, 3.63) is 66.5 Å². The van der Waals surface area contributed by atoms with Gasteiger partial charge in [0.1, 0.15) is 11.8 Å². The number of hydrogen-bond acceptors (Lipinski definition) is 7. The van der Waals surface area contributed by atoms with Gasteiger partial charge < -0.3 is 25.7 Å². The maximum Gasteiger partial charge on any atom is 0.337 e. The van der Waals surface area contributed by atoms with E-state index in [0.29, 0.717) is 31.2 Å². The van der Waals surface area contributed by atoms with Crippen LogP contribution in [0.25, 0.3) is 11.1 Å². The largest absolute Gasteiger partial charge is 0.481 e. The lowest BCUT2D eigenvalue weighted by atomic mass is 9.82. The molecule has 5 N–H and O–H groups in total. The first kappa shape index (κ1) is 38.8. The molecule has 3 atom stereocenters. The number of carbonyl (C=O) groups is 5. The second kappa shape index (κ2) is 20.7. The number of aromatic nitrogens is 1. The zero-order chi connectivity index (χ0) is 34.7. The first-order chi connectivity index (χ1) is 22.5. The van der Waals surface area contributed by atoms with Crippen molar-refractivity contribution in [2.45, 2.75) is 108 Å². The molecule has 2 rings (SSSR count). The first-order valence-electron chi connectivity index (χ1n) is 16.4. The van der Waals surface area contributed by atoms with E-state index in [2.05, 4.69) is 17.2 Å². The molecule has 1 aromatic carbocycles. The van der Waals surface area contributed by atoms with Crippen LogP contribution in [0.4, 0.5) is 0 Å². The van der Waals surface area contributed by atoms with Gasteiger partial charge in [-0.2, -0.15) is 0 Å². The van der Waals surface area contributed by atoms with E-state index in [1.54, 1.807) is 42.7 Å². The number of unbranched alkanes of at least 4 members (excludes halogenated alkanes) is 8. The van der Waals surface area contributed by atoms with Crippen molar-refractivity contribution < 1.29 is 44.4 Å². The van der Waals surface area contributed by atoms with Gasteiger partial charge >= 0.3 is 17.9 Å². The van der Waals surface area contributed by atoms with E-state index in [9.17, 15) is 44.4 Å². The summed E-state index contributed by atoms with van der Waals surface area (Å²) in [5, 5.41) is 42.1. The van der Waals surface area contributed by atoms with Gasteiger partial charge in [-0.15, -0.1) is 0 Å². The number of pyridine rings is 1. The Hall–Kier alpha value is -4.38. The molecule has 1 aromatic heterocycles. The Balaban J connectivity index is 2.01. The third-order valence-corrected chi connectivity index (χ3v) is 8.06. The molecule has 11 heteroatoms. The summed E-state index contributed by atoms with van der Waals surface area (Å²) in [5.74, 6) is -7.67. The average molecular weight is 653 g/mol. The number of nitrogens with one attached hydrogen (secondary N) is 1. The number of Topliss-reactive ketones (excluding diaryl/α,β-unsaturated/α-hetero) is 1. The van der Waals surface area contributed by atoms with Crippen molar-refractivity contribution in [3.8, 4) is 11.1 Å². The summed E-state index contributed by atoms with van der Waals surface area (Å²) in [6.45, 7) is 2.15. The van der Waals surface area contributed by atoms with Gasteiger partial charge in [-0.25, -0.2) is 9.59 Å². The molecule has 0 spiro atoms. The van der Waals surface area contributed by atoms with Crippen LogP contribution >= 0.6 is 0 Å². The van der Waals surface area contributed by atoms with E-state index in [1.807, 2.05) is 6.07 Å². The lowest BCUT2D eigenvalue weighted by Gasteiger charge is -2.29. The Morgan fingerprint density at radius 3 is 2.04 bits per heavy atom. The number of carboxylic acids is 3. The minimum Gasteiger partial charge on any atom is -0.481 e. The van der Waals surface area contributed by atoms with Crippen LogP contribution in [-0.2, 0) is 30.4 Å². The van der Waals surface area contributed by atoms with Gasteiger partial charge in [0, 0.05) is 31.7 Å². The molecule has 3 unspecified atom stereocenters. The summed E-state index contributed by atoms with van der Waals surface area (Å²) in [4.78, 5) is 65.1. The van der Waals surface area contributed by atoms with Gasteiger partial charge in [-0.3, -0.25) is 19.4 Å². The maximum absolute atomic E-state index is 13.3. The molecule has 0 fully saturated rings. The monoisotopic (exact) mass is 652 g/mol. The van der Waals surface area contributed by atoms with E-state index in [0.717, 1.165) is 62.1 Å². The summed E-state index contributed by atoms with van der Waals surface area (Å²) in [7, 11) is 0. The summed E-state index contributed by atoms with van der Waals surface area (Å²) in [6.07, 6.45) is 14.6. The Morgan fingerprint density at radius 2 is 1.49 bits per heavy atom. The van der Waals surface area contributed by atoms with Crippen LogP contribution in [0.1, 0.15) is 96.0 Å². The van der Waals surface area contributed by atoms with Crippen LogP contribution in [0.5, 0.6) is 0 Å². The predicted octanol–water partition coefficient (Wildman–Crippen LogP) is 5.59. The first-order valence-corrected chi connectivity index (χ1v) is 16.4. The number of hydrogen-bond donors (Lipinski definition) is 5. The predicted molar refractivity (Wildman–Crippen MR) is 176 cm³/mol. The van der Waals surface area contributed by atoms with Crippen molar-refractivity contribution in [2.75, 3.05) is 0 Å². The third kappa shape index (κ3) is 13.9. The van der Waals surface area contributed by atoms with Crippen molar-refractivity contribution in [3.63, 3.8) is 0 Å². The molecule has 0 aliphatic heterocycles. The zero-order valence-electron chi connectivity index (χ0n) is 27.1. The summed E-state index contributed by atoms with van der Waals surface area (Å²) in [6, 6.07) is 9.13. The molecule has 1 heterocycles. The quantitative estimate of drug-likeness (QED) is 0.0705. The smallest absolute Gasteiger partial charge is 0.337 e. The van der Waals surface area contributed by atoms with Crippen molar-refractivity contribution in [2.24, 2.45) is 5.92 Å². The van der Waals surface area contributed by atoms with Crippen molar-refractivity contribution in [1.82, 2.24) is 10.3 Å². The maximum atomic E-state index is 13.3. The molecule has 0 radical (unpaired) electrons. The van der Waals surface area contributed by atoms with Crippen molar-refractivity contribution in [1.29, 1.82) is 0 Å². The molecule has 256 valence electrons. The fourth-order valence-corrected chi connectivity index (χ4v) is 5.30. The lowest BCUT2D eigenvalue weighted by molar-refractivity contribution is -0.172. The van der Waals surface area contributed by atoms with Crippen LogP contribution in [-0.4, -0.2) is 66.7 Å². The van der Waals surface area contributed by atoms with Gasteiger partial charge in [0.15, 0.2) is 5.60 Å². The van der Waals surface area contributed by atoms with E-state index in [1.165, 1.54) is 12.5 Å². The van der Waals surface area contributed by atoms with Crippen LogP contribution in [0.3, 0.4) is 0 Å². The fourth-order valence-electron chi connectivity index (χ4n) is 5.30. The van der Waals surface area contributed by atoms with Crippen LogP contribution in [0, 0.1) is 5.92 Å². The molecule has 0 aliphatic carbocycles. The Kier molecular flexibility index (Phi) is 17.1. The van der Waals surface area contributed by atoms with Gasteiger partial charge in [0.25, 0.3) is 0 Å². The highest BCUT2D eigenvalue weighted by molar-refractivity contribution is 5.94. The second-order valence-electron chi connectivity index (χ2n) is 11.9. The van der Waals surface area contributed by atoms with Gasteiger partial charge in [-0.05, 0) is 48.4 Å². The van der Waals surface area contributed by atoms with E-state index < -0.39 is 47.8 Å². The summed E-state index contributed by atoms with van der Waals surface area (Å²) < 4.78 is 0. The number of rotatable bonds is 24. The number of nitrogens with zero attached hydrogens (tertiary/aromatic N) is 1. The Morgan fingerprint density at radius 1 is 0.851 bits per heavy atom. The van der Waals surface area contributed by atoms with E-state index >= 15 is 0 Å². The highest BCUT2D eigenvalue weighted by Crippen LogP contribution is 2.26. The lowest BCUT2D eigenvalue weighted by Crippen LogP contribution is -2.55. The number of ketones is 1. The number of amides is 1. The minimum atomic E-state index is -3.02. The molecule has 11 nitrogen and oxygen atoms in total. The van der Waals surface area contributed by atoms with E-state index in [4.69, 9.17) is 0 Å². The minimum absolute atomic E-state index is 0.142. The van der Waals surface area contributed by atoms with Crippen LogP contribution in [0.2, 0.25) is 0 Å². The normalized spacial score (nSPS) is 13.8. The Labute approximate surface area is 276 Å². The number of aliphatic carboxylic acids is 3. The topological polar surface area (TPSA) is 191 Å². The molecular weight excluding hydrogens is 604 g/mol. The third-order valence-electron chi connectivity index (χ3n) is 8.06. The van der Waals surface area contributed by atoms with Crippen LogP contribution < -0.4 is 5.32 Å². The Bertz CT molecular complexity index is 1330. The number of benzene rings is 1. The average Bonchev–Trinajstić information content (AvgIpc) is 3.03. The highest BCUT2D eigenvalue weighted by Gasteiger charge is 2.49. The fraction of sp³-hybridized carbons (Fsp3) is 0.500. The summed E-state index contributed by atoms with van der Waals surface area (Å²) in [5.41, 5.74) is -0.728. The number of carboxylic acid groups (broad SMARTS) is 3. The SMILES string of the molecule is CCCCCCCC(=O)CCCCCC/C=C/C(C(=O)NC(Cc1ccc(-c2cccnc2)cc1)C(=O)O)C(O)(CC(=O)O)C(=O)O. The molecule has 0 saturated carbocycles. The molecule has 1 amide bonds. The number of aliphatic hydroxyl groups is 1. The summed E-state index contributed by atoms with van der Waals surface area (Å²) >= 11 is 0. The van der Waals surface area contributed by atoms with Gasteiger partial charge in [0.05, 0.1) is 12.3 Å². The van der Waals surface area contributed by atoms with Gasteiger partial charge in [0.2, 0.25) is 5.91 Å². The second-order valence-corrected chi connectivity index (χ2v) is 11.9. The zero-order valence-corrected chi connectivity index (χ0v) is 27.1.